The average molecular weight is 558 g/mol. The zero-order chi connectivity index (χ0) is 28.3. The van der Waals surface area contributed by atoms with Gasteiger partial charge in [-0.3, -0.25) is 14.0 Å². The SMILES string of the molecule is CCOC(=O)C[C@H]1CC[C@H](c2ccc(-c3cn4cc(C(=O)NCc5ccc(C(C)(C)C)cc5)nc4s3)cc2)CC1. The summed E-state index contributed by atoms with van der Waals surface area (Å²) < 4.78 is 7.06. The molecule has 7 heteroatoms. The summed E-state index contributed by atoms with van der Waals surface area (Å²) in [4.78, 5) is 31.1. The molecular weight excluding hydrogens is 518 g/mol. The fourth-order valence-corrected chi connectivity index (χ4v) is 6.48. The molecule has 1 N–H and O–H groups in total. The molecule has 40 heavy (non-hydrogen) atoms. The van der Waals surface area contributed by atoms with Gasteiger partial charge in [0.25, 0.3) is 5.91 Å². The molecule has 6 nitrogen and oxygen atoms in total. The fraction of sp³-hybridized carbons (Fsp3) is 0.424. The molecule has 2 heterocycles. The van der Waals surface area contributed by atoms with Gasteiger partial charge in [-0.05, 0) is 72.1 Å². The number of hydrogen-bond acceptors (Lipinski definition) is 5. The first-order valence-corrected chi connectivity index (χ1v) is 15.1. The highest BCUT2D eigenvalue weighted by Gasteiger charge is 2.24. The van der Waals surface area contributed by atoms with E-state index in [1.807, 2.05) is 17.5 Å². The number of amides is 1. The highest BCUT2D eigenvalue weighted by Crippen LogP contribution is 2.38. The van der Waals surface area contributed by atoms with Gasteiger partial charge in [0.15, 0.2) is 4.96 Å². The highest BCUT2D eigenvalue weighted by atomic mass is 32.1. The zero-order valence-corrected chi connectivity index (χ0v) is 24.7. The van der Waals surface area contributed by atoms with Crippen LogP contribution in [0.15, 0.2) is 60.9 Å². The van der Waals surface area contributed by atoms with Crippen LogP contribution in [0.4, 0.5) is 0 Å². The Morgan fingerprint density at radius 1 is 1.00 bits per heavy atom. The Hall–Kier alpha value is -3.45. The molecule has 0 unspecified atom stereocenters. The summed E-state index contributed by atoms with van der Waals surface area (Å²) in [5, 5.41) is 2.99. The van der Waals surface area contributed by atoms with E-state index in [2.05, 4.69) is 79.6 Å². The van der Waals surface area contributed by atoms with Crippen molar-refractivity contribution in [3.63, 3.8) is 0 Å². The molecule has 1 fully saturated rings. The lowest BCUT2D eigenvalue weighted by Gasteiger charge is -2.28. The van der Waals surface area contributed by atoms with Crippen LogP contribution < -0.4 is 5.32 Å². The standard InChI is InChI=1S/C33H39N3O3S/c1-5-39-30(37)18-22-6-10-24(11-7-22)25-12-14-26(15-13-25)29-21-36-20-28(35-32(36)40-29)31(38)34-19-23-8-16-27(17-9-23)33(2,3)4/h8-9,12-17,20-22,24H,5-7,10-11,18-19H2,1-4H3,(H,34,38)/t22-,24-. The number of nitrogens with zero attached hydrogens (tertiary/aromatic N) is 2. The molecule has 1 aliphatic carbocycles. The Balaban J connectivity index is 1.16. The van der Waals surface area contributed by atoms with E-state index in [0.717, 1.165) is 46.6 Å². The molecule has 0 radical (unpaired) electrons. The van der Waals surface area contributed by atoms with Gasteiger partial charge in [0.2, 0.25) is 0 Å². The molecular formula is C33H39N3O3S. The Morgan fingerprint density at radius 3 is 2.33 bits per heavy atom. The molecule has 210 valence electrons. The van der Waals surface area contributed by atoms with Crippen LogP contribution in [-0.4, -0.2) is 27.9 Å². The van der Waals surface area contributed by atoms with Gasteiger partial charge >= 0.3 is 5.97 Å². The first-order chi connectivity index (χ1) is 19.2. The number of aromatic nitrogens is 2. The maximum absolute atomic E-state index is 12.8. The van der Waals surface area contributed by atoms with Crippen LogP contribution in [0.2, 0.25) is 0 Å². The maximum atomic E-state index is 12.8. The van der Waals surface area contributed by atoms with Crippen LogP contribution in [0.1, 0.15) is 92.9 Å². The largest absolute Gasteiger partial charge is 0.466 e. The number of nitrogens with one attached hydrogen (secondary N) is 1. The number of ether oxygens (including phenoxy) is 1. The number of hydrogen-bond donors (Lipinski definition) is 1. The van der Waals surface area contributed by atoms with Crippen LogP contribution in [0.3, 0.4) is 0 Å². The molecule has 0 saturated heterocycles. The molecule has 1 aliphatic rings. The summed E-state index contributed by atoms with van der Waals surface area (Å²) in [6, 6.07) is 17.2. The monoisotopic (exact) mass is 557 g/mol. The van der Waals surface area contributed by atoms with Gasteiger partial charge in [-0.1, -0.05) is 80.6 Å². The molecule has 5 rings (SSSR count). The number of imidazole rings is 1. The molecule has 4 aromatic rings. The third-order valence-corrected chi connectivity index (χ3v) is 8.98. The number of carbonyl (C=O) groups is 2. The number of thiazole rings is 1. The second-order valence-corrected chi connectivity index (χ2v) is 12.9. The predicted octanol–water partition coefficient (Wildman–Crippen LogP) is 7.52. The summed E-state index contributed by atoms with van der Waals surface area (Å²) >= 11 is 1.59. The Kier molecular flexibility index (Phi) is 8.40. The van der Waals surface area contributed by atoms with Crippen LogP contribution in [0.5, 0.6) is 0 Å². The predicted molar refractivity (Wildman–Crippen MR) is 161 cm³/mol. The van der Waals surface area contributed by atoms with Gasteiger partial charge in [-0.15, -0.1) is 0 Å². The molecule has 0 bridgehead atoms. The van der Waals surface area contributed by atoms with Crippen molar-refractivity contribution in [2.45, 2.75) is 77.7 Å². The second kappa shape index (κ2) is 12.0. The van der Waals surface area contributed by atoms with E-state index in [4.69, 9.17) is 4.74 Å². The van der Waals surface area contributed by atoms with E-state index >= 15 is 0 Å². The summed E-state index contributed by atoms with van der Waals surface area (Å²) in [5.74, 6) is 0.764. The molecule has 1 saturated carbocycles. The topological polar surface area (TPSA) is 72.7 Å². The van der Waals surface area contributed by atoms with E-state index in [-0.39, 0.29) is 17.3 Å². The number of fused-ring (bicyclic) bond motifs is 1. The van der Waals surface area contributed by atoms with E-state index in [0.29, 0.717) is 37.1 Å². The molecule has 1 amide bonds. The number of esters is 1. The maximum Gasteiger partial charge on any atom is 0.306 e. The Morgan fingerprint density at radius 2 is 1.70 bits per heavy atom. The van der Waals surface area contributed by atoms with E-state index in [1.54, 1.807) is 17.5 Å². The number of carbonyl (C=O) groups excluding carboxylic acids is 2. The number of benzene rings is 2. The second-order valence-electron chi connectivity index (χ2n) is 11.9. The minimum atomic E-state index is -0.168. The van der Waals surface area contributed by atoms with Crippen molar-refractivity contribution in [1.82, 2.24) is 14.7 Å². The van der Waals surface area contributed by atoms with Crippen molar-refractivity contribution in [3.8, 4) is 10.4 Å². The van der Waals surface area contributed by atoms with Gasteiger partial charge in [0.1, 0.15) is 5.69 Å². The highest BCUT2D eigenvalue weighted by molar-refractivity contribution is 7.20. The average Bonchev–Trinajstić information content (AvgIpc) is 3.52. The van der Waals surface area contributed by atoms with Crippen LogP contribution in [0.25, 0.3) is 15.4 Å². The first-order valence-electron chi connectivity index (χ1n) is 14.3. The lowest BCUT2D eigenvalue weighted by molar-refractivity contribution is -0.144. The summed E-state index contributed by atoms with van der Waals surface area (Å²) in [6.45, 7) is 9.37. The number of rotatable bonds is 8. The summed E-state index contributed by atoms with van der Waals surface area (Å²) in [5.41, 5.74) is 5.40. The first kappa shape index (κ1) is 28.1. The summed E-state index contributed by atoms with van der Waals surface area (Å²) in [7, 11) is 0. The van der Waals surface area contributed by atoms with Gasteiger partial charge in [0.05, 0.1) is 11.5 Å². The van der Waals surface area contributed by atoms with Gasteiger partial charge < -0.3 is 10.1 Å². The van der Waals surface area contributed by atoms with E-state index in [1.165, 1.54) is 11.1 Å². The molecule has 0 atom stereocenters. The quantitative estimate of drug-likeness (QED) is 0.228. The smallest absolute Gasteiger partial charge is 0.306 e. The van der Waals surface area contributed by atoms with Crippen molar-refractivity contribution in [2.75, 3.05) is 6.61 Å². The minimum absolute atomic E-state index is 0.0627. The molecule has 0 spiro atoms. The van der Waals surface area contributed by atoms with Gasteiger partial charge in [-0.2, -0.15) is 0 Å². The Bertz CT molecular complexity index is 1420. The van der Waals surface area contributed by atoms with E-state index < -0.39 is 0 Å². The van der Waals surface area contributed by atoms with Crippen LogP contribution in [0, 0.1) is 5.92 Å². The molecule has 0 aliphatic heterocycles. The normalized spacial score (nSPS) is 17.6. The van der Waals surface area contributed by atoms with Gasteiger partial charge in [-0.25, -0.2) is 4.98 Å². The van der Waals surface area contributed by atoms with Crippen molar-refractivity contribution >= 4 is 28.2 Å². The zero-order valence-electron chi connectivity index (χ0n) is 23.9. The van der Waals surface area contributed by atoms with Crippen molar-refractivity contribution in [2.24, 2.45) is 5.92 Å². The van der Waals surface area contributed by atoms with Crippen molar-refractivity contribution in [3.05, 3.63) is 83.3 Å². The fourth-order valence-electron chi connectivity index (χ4n) is 5.51. The minimum Gasteiger partial charge on any atom is -0.466 e. The Labute approximate surface area is 240 Å². The third kappa shape index (κ3) is 6.64. The van der Waals surface area contributed by atoms with Crippen LogP contribution >= 0.6 is 11.3 Å². The van der Waals surface area contributed by atoms with Gasteiger partial charge in [0, 0.05) is 25.4 Å². The third-order valence-electron chi connectivity index (χ3n) is 7.94. The lowest BCUT2D eigenvalue weighted by atomic mass is 9.77. The molecule has 2 aromatic heterocycles. The molecule has 2 aromatic carbocycles. The van der Waals surface area contributed by atoms with E-state index in [9.17, 15) is 9.59 Å². The van der Waals surface area contributed by atoms with Crippen molar-refractivity contribution < 1.29 is 14.3 Å². The summed E-state index contributed by atoms with van der Waals surface area (Å²) in [6.07, 6.45) is 8.78. The van der Waals surface area contributed by atoms with Crippen LogP contribution in [-0.2, 0) is 21.5 Å². The lowest BCUT2D eigenvalue weighted by Crippen LogP contribution is -2.23. The van der Waals surface area contributed by atoms with Crippen molar-refractivity contribution in [1.29, 1.82) is 0 Å².